The number of hydrogen-bond donors (Lipinski definition) is 4. The van der Waals surface area contributed by atoms with Gasteiger partial charge in [-0.1, -0.05) is 38.5 Å². The lowest BCUT2D eigenvalue weighted by Crippen LogP contribution is -2.34. The average molecular weight is 314 g/mol. The van der Waals surface area contributed by atoms with E-state index in [1.165, 1.54) is 0 Å². The largest absolute Gasteiger partial charge is 0.481 e. The van der Waals surface area contributed by atoms with Gasteiger partial charge in [-0.25, -0.2) is 0 Å². The van der Waals surface area contributed by atoms with Crippen LogP contribution >= 0.6 is 0 Å². The van der Waals surface area contributed by atoms with Crippen LogP contribution in [0.25, 0.3) is 0 Å². The lowest BCUT2D eigenvalue weighted by molar-refractivity contribution is -0.143. The summed E-state index contributed by atoms with van der Waals surface area (Å²) < 4.78 is 0. The van der Waals surface area contributed by atoms with E-state index in [1.54, 1.807) is 0 Å². The van der Waals surface area contributed by atoms with Gasteiger partial charge in [-0.05, 0) is 25.7 Å². The molecule has 0 aromatic rings. The molecule has 6 nitrogen and oxygen atoms in total. The van der Waals surface area contributed by atoms with Gasteiger partial charge in [-0.2, -0.15) is 0 Å². The zero-order chi connectivity index (χ0) is 16.5. The normalized spacial score (nSPS) is 32.8. The molecule has 4 atom stereocenters. The van der Waals surface area contributed by atoms with Crippen LogP contribution in [0.3, 0.4) is 0 Å². The molecule has 0 unspecified atom stereocenters. The van der Waals surface area contributed by atoms with Crippen molar-refractivity contribution >= 4 is 11.9 Å². The van der Waals surface area contributed by atoms with Crippen LogP contribution in [-0.2, 0) is 9.59 Å². The molecule has 6 heteroatoms. The fourth-order valence-electron chi connectivity index (χ4n) is 3.29. The highest BCUT2D eigenvalue weighted by Crippen LogP contribution is 2.22. The molecule has 2 aliphatic rings. The van der Waals surface area contributed by atoms with E-state index in [0.717, 1.165) is 64.2 Å². The van der Waals surface area contributed by atoms with Gasteiger partial charge in [-0.3, -0.25) is 9.59 Å². The van der Waals surface area contributed by atoms with E-state index in [0.29, 0.717) is 0 Å². The van der Waals surface area contributed by atoms with Crippen molar-refractivity contribution < 1.29 is 19.8 Å². The zero-order valence-electron chi connectivity index (χ0n) is 13.2. The summed E-state index contributed by atoms with van der Waals surface area (Å²) in [5.41, 5.74) is 11.4. The molecule has 0 spiro atoms. The Morgan fingerprint density at radius 2 is 0.955 bits per heavy atom. The molecule has 6 N–H and O–H groups in total. The number of hydrogen-bond acceptors (Lipinski definition) is 4. The fraction of sp³-hybridized carbons (Fsp3) is 0.875. The predicted octanol–water partition coefficient (Wildman–Crippen LogP) is 1.96. The number of carboxylic acid groups (broad SMARTS) is 2. The Morgan fingerprint density at radius 3 is 1.27 bits per heavy atom. The molecule has 0 saturated heterocycles. The van der Waals surface area contributed by atoms with Crippen LogP contribution < -0.4 is 11.5 Å². The van der Waals surface area contributed by atoms with Crippen LogP contribution in [-0.4, -0.2) is 34.2 Å². The second-order valence-electron chi connectivity index (χ2n) is 6.49. The first-order valence-corrected chi connectivity index (χ1v) is 8.40. The fourth-order valence-corrected chi connectivity index (χ4v) is 3.29. The highest BCUT2D eigenvalue weighted by Gasteiger charge is 2.26. The molecule has 0 radical (unpaired) electrons. The predicted molar refractivity (Wildman–Crippen MR) is 84.4 cm³/mol. The molecule has 0 heterocycles. The van der Waals surface area contributed by atoms with Crippen molar-refractivity contribution in [2.45, 2.75) is 76.3 Å². The number of aliphatic carboxylic acids is 2. The quantitative estimate of drug-likeness (QED) is 0.577. The molecule has 2 rings (SSSR count). The third-order valence-corrected chi connectivity index (χ3v) is 4.77. The van der Waals surface area contributed by atoms with Crippen LogP contribution in [0.5, 0.6) is 0 Å². The Hall–Kier alpha value is -1.14. The third-order valence-electron chi connectivity index (χ3n) is 4.77. The molecule has 0 amide bonds. The first kappa shape index (κ1) is 18.9. The number of carbonyl (C=O) groups is 2. The minimum Gasteiger partial charge on any atom is -0.481 e. The maximum atomic E-state index is 10.6. The molecule has 0 aliphatic heterocycles. The smallest absolute Gasteiger partial charge is 0.308 e. The van der Waals surface area contributed by atoms with Gasteiger partial charge < -0.3 is 21.7 Å². The van der Waals surface area contributed by atoms with E-state index in [2.05, 4.69) is 0 Å². The Balaban J connectivity index is 0.000000220. The van der Waals surface area contributed by atoms with Crippen molar-refractivity contribution in [2.75, 3.05) is 0 Å². The van der Waals surface area contributed by atoms with E-state index in [4.69, 9.17) is 21.7 Å². The van der Waals surface area contributed by atoms with Crippen molar-refractivity contribution in [3.8, 4) is 0 Å². The summed E-state index contributed by atoms with van der Waals surface area (Å²) in [5.74, 6) is -2.03. The highest BCUT2D eigenvalue weighted by molar-refractivity contribution is 5.71. The Kier molecular flexibility index (Phi) is 8.42. The minimum absolute atomic E-state index is 0.116. The van der Waals surface area contributed by atoms with E-state index >= 15 is 0 Å². The van der Waals surface area contributed by atoms with E-state index < -0.39 is 11.9 Å². The van der Waals surface area contributed by atoms with E-state index in [-0.39, 0.29) is 23.9 Å². The second kappa shape index (κ2) is 9.79. The van der Waals surface area contributed by atoms with Gasteiger partial charge in [0.1, 0.15) is 0 Å². The van der Waals surface area contributed by atoms with Gasteiger partial charge in [0.2, 0.25) is 0 Å². The van der Waals surface area contributed by atoms with Gasteiger partial charge in [0, 0.05) is 12.1 Å². The first-order chi connectivity index (χ1) is 10.4. The van der Waals surface area contributed by atoms with Crippen molar-refractivity contribution in [3.05, 3.63) is 0 Å². The topological polar surface area (TPSA) is 127 Å². The summed E-state index contributed by atoms with van der Waals surface area (Å²) in [6.07, 6.45) is 9.75. The Morgan fingerprint density at radius 1 is 0.636 bits per heavy atom. The van der Waals surface area contributed by atoms with Crippen molar-refractivity contribution in [1.29, 1.82) is 0 Å². The van der Waals surface area contributed by atoms with Crippen LogP contribution in [0, 0.1) is 11.8 Å². The lowest BCUT2D eigenvalue weighted by Gasteiger charge is -2.15. The molecule has 0 aromatic carbocycles. The van der Waals surface area contributed by atoms with Gasteiger partial charge in [0.05, 0.1) is 11.8 Å². The highest BCUT2D eigenvalue weighted by atomic mass is 16.4. The van der Waals surface area contributed by atoms with E-state index in [9.17, 15) is 9.59 Å². The Bertz CT molecular complexity index is 328. The average Bonchev–Trinajstić information content (AvgIpc) is 2.79. The standard InChI is InChI=1S/2C8H15NO2/c2*9-7-5-3-1-2-4-6(7)8(10)11/h2*6-7H,1-5,9H2,(H,10,11)/t2*6-,7+/m10/s1. The Labute approximate surface area is 132 Å². The molecule has 128 valence electrons. The number of rotatable bonds is 2. The van der Waals surface area contributed by atoms with Gasteiger partial charge >= 0.3 is 11.9 Å². The van der Waals surface area contributed by atoms with Crippen LogP contribution in [0.1, 0.15) is 64.2 Å². The molecule has 2 fully saturated rings. The molecule has 0 aromatic heterocycles. The van der Waals surface area contributed by atoms with Crippen molar-refractivity contribution in [3.63, 3.8) is 0 Å². The monoisotopic (exact) mass is 314 g/mol. The van der Waals surface area contributed by atoms with Crippen molar-refractivity contribution in [1.82, 2.24) is 0 Å². The van der Waals surface area contributed by atoms with Crippen molar-refractivity contribution in [2.24, 2.45) is 23.3 Å². The molecule has 2 saturated carbocycles. The maximum absolute atomic E-state index is 10.6. The summed E-state index contributed by atoms with van der Waals surface area (Å²) in [4.78, 5) is 21.3. The summed E-state index contributed by atoms with van der Waals surface area (Å²) in [5, 5.41) is 17.5. The molecule has 0 bridgehead atoms. The molecule has 2 aliphatic carbocycles. The summed E-state index contributed by atoms with van der Waals surface area (Å²) in [7, 11) is 0. The summed E-state index contributed by atoms with van der Waals surface area (Å²) in [6, 6.07) is -0.231. The first-order valence-electron chi connectivity index (χ1n) is 8.40. The van der Waals surface area contributed by atoms with Gasteiger partial charge in [0.15, 0.2) is 0 Å². The third kappa shape index (κ3) is 6.32. The summed E-state index contributed by atoms with van der Waals surface area (Å²) in [6.45, 7) is 0. The lowest BCUT2D eigenvalue weighted by atomic mass is 9.96. The molecular weight excluding hydrogens is 284 g/mol. The molecule has 22 heavy (non-hydrogen) atoms. The second-order valence-corrected chi connectivity index (χ2v) is 6.49. The van der Waals surface area contributed by atoms with E-state index in [1.807, 2.05) is 0 Å². The van der Waals surface area contributed by atoms with Gasteiger partial charge in [0.25, 0.3) is 0 Å². The number of carboxylic acids is 2. The minimum atomic E-state index is -0.723. The van der Waals surface area contributed by atoms with Crippen LogP contribution in [0.4, 0.5) is 0 Å². The maximum Gasteiger partial charge on any atom is 0.308 e. The zero-order valence-corrected chi connectivity index (χ0v) is 13.2. The SMILES string of the molecule is N[C@@H]1CCCCC[C@@H]1C(=O)O.N[C@H]1CCCCC[C@H]1C(=O)O. The summed E-state index contributed by atoms with van der Waals surface area (Å²) >= 11 is 0. The molecular formula is C16H30N2O4. The number of nitrogens with two attached hydrogens (primary N) is 2. The van der Waals surface area contributed by atoms with Crippen LogP contribution in [0.2, 0.25) is 0 Å². The van der Waals surface area contributed by atoms with Crippen LogP contribution in [0.15, 0.2) is 0 Å². The van der Waals surface area contributed by atoms with Gasteiger partial charge in [-0.15, -0.1) is 0 Å².